The second-order valence-corrected chi connectivity index (χ2v) is 22.3. The highest BCUT2D eigenvalue weighted by atomic mass is 16.6. The van der Waals surface area contributed by atoms with Crippen molar-refractivity contribution >= 4 is 17.9 Å². The molecule has 1 atom stereocenters. The van der Waals surface area contributed by atoms with Crippen LogP contribution in [0.1, 0.15) is 323 Å². The van der Waals surface area contributed by atoms with Gasteiger partial charge in [-0.15, -0.1) is 0 Å². The summed E-state index contributed by atoms with van der Waals surface area (Å²) in [6.07, 6.45) is 92.5. The van der Waals surface area contributed by atoms with Crippen LogP contribution in [-0.2, 0) is 28.6 Å². The minimum absolute atomic E-state index is 0.0983. The lowest BCUT2D eigenvalue weighted by atomic mass is 10.0. The van der Waals surface area contributed by atoms with E-state index in [0.29, 0.717) is 19.3 Å². The van der Waals surface area contributed by atoms with E-state index in [0.717, 1.165) is 89.9 Å². The van der Waals surface area contributed by atoms with Gasteiger partial charge in [0.05, 0.1) is 0 Å². The number of carbonyl (C=O) groups is 3. The lowest BCUT2D eigenvalue weighted by molar-refractivity contribution is -0.167. The Morgan fingerprint density at radius 2 is 0.500 bits per heavy atom. The lowest BCUT2D eigenvalue weighted by Gasteiger charge is -2.18. The maximum Gasteiger partial charge on any atom is 0.306 e. The van der Waals surface area contributed by atoms with E-state index in [4.69, 9.17) is 14.2 Å². The van der Waals surface area contributed by atoms with Crippen LogP contribution >= 0.6 is 0 Å². The van der Waals surface area contributed by atoms with Crippen molar-refractivity contribution in [2.24, 2.45) is 0 Å². The molecular formula is C74H126O6. The first-order chi connectivity index (χ1) is 39.5. The van der Waals surface area contributed by atoms with Crippen molar-refractivity contribution in [1.29, 1.82) is 0 Å². The zero-order chi connectivity index (χ0) is 57.8. The summed E-state index contributed by atoms with van der Waals surface area (Å²) in [6, 6.07) is 0. The number of ether oxygens (including phenoxy) is 3. The van der Waals surface area contributed by atoms with E-state index < -0.39 is 6.10 Å². The molecule has 458 valence electrons. The molecule has 0 aromatic carbocycles. The summed E-state index contributed by atoms with van der Waals surface area (Å²) in [5.74, 6) is -0.955. The molecule has 0 fully saturated rings. The Bertz CT molecular complexity index is 1610. The second-order valence-electron chi connectivity index (χ2n) is 22.3. The molecule has 0 saturated carbocycles. The first-order valence-electron chi connectivity index (χ1n) is 33.9. The van der Waals surface area contributed by atoms with Gasteiger partial charge in [-0.1, -0.05) is 291 Å². The van der Waals surface area contributed by atoms with E-state index in [1.807, 2.05) is 0 Å². The summed E-state index contributed by atoms with van der Waals surface area (Å²) in [5, 5.41) is 0. The van der Waals surface area contributed by atoms with E-state index in [1.54, 1.807) is 0 Å². The standard InChI is InChI=1S/C74H126O6/c1-4-7-10-13-16-19-22-25-28-31-33-34-35-36-37-38-39-40-41-44-46-49-52-55-58-61-64-67-73(76)79-70-71(69-78-72(75)66-63-60-57-54-51-48-45-42-30-27-24-21-18-15-12-9-6-3)80-74(77)68-65-62-59-56-53-50-47-43-32-29-26-23-20-17-14-11-8-5-2/h9,12,18,21-22,25,27,29-33,35-36,45,48,54,57,71H,4-8,10-11,13-17,19-20,23-24,26,28,34,37-44,46-47,49-53,55-56,58-70H2,1-3H3/b12-9-,21-18-,25-22-,30-27-,32-29-,33-31-,36-35-,48-45-,57-54-. The molecule has 1 unspecified atom stereocenters. The Labute approximate surface area is 495 Å². The maximum absolute atomic E-state index is 12.9. The fraction of sp³-hybridized carbons (Fsp3) is 0.716. The van der Waals surface area contributed by atoms with E-state index in [-0.39, 0.29) is 37.5 Å². The van der Waals surface area contributed by atoms with Crippen molar-refractivity contribution in [2.45, 2.75) is 329 Å². The fourth-order valence-electron chi connectivity index (χ4n) is 9.42. The Balaban J connectivity index is 4.39. The van der Waals surface area contributed by atoms with Crippen LogP contribution in [0.2, 0.25) is 0 Å². The Kier molecular flexibility index (Phi) is 64.3. The predicted octanol–water partition coefficient (Wildman–Crippen LogP) is 23.4. The molecule has 0 radical (unpaired) electrons. The first-order valence-corrected chi connectivity index (χ1v) is 33.9. The van der Waals surface area contributed by atoms with Crippen molar-refractivity contribution < 1.29 is 28.6 Å². The van der Waals surface area contributed by atoms with Crippen LogP contribution in [0.25, 0.3) is 0 Å². The van der Waals surface area contributed by atoms with Crippen molar-refractivity contribution in [2.75, 3.05) is 13.2 Å². The average Bonchev–Trinajstić information content (AvgIpc) is 3.46. The van der Waals surface area contributed by atoms with Gasteiger partial charge in [0, 0.05) is 19.3 Å². The van der Waals surface area contributed by atoms with Crippen LogP contribution in [0.4, 0.5) is 0 Å². The van der Waals surface area contributed by atoms with Crippen molar-refractivity contribution in [3.8, 4) is 0 Å². The van der Waals surface area contributed by atoms with E-state index in [2.05, 4.69) is 130 Å². The van der Waals surface area contributed by atoms with Gasteiger partial charge >= 0.3 is 17.9 Å². The third-order valence-electron chi connectivity index (χ3n) is 14.5. The minimum atomic E-state index is -0.807. The van der Waals surface area contributed by atoms with Crippen molar-refractivity contribution in [3.05, 3.63) is 109 Å². The molecule has 0 rings (SSSR count). The Morgan fingerprint density at radius 1 is 0.263 bits per heavy atom. The topological polar surface area (TPSA) is 78.9 Å². The zero-order valence-electron chi connectivity index (χ0n) is 52.6. The van der Waals surface area contributed by atoms with Crippen LogP contribution in [0.15, 0.2) is 109 Å². The number of rotatable bonds is 61. The van der Waals surface area contributed by atoms with Gasteiger partial charge < -0.3 is 14.2 Å². The van der Waals surface area contributed by atoms with Crippen LogP contribution < -0.4 is 0 Å². The summed E-state index contributed by atoms with van der Waals surface area (Å²) in [5.41, 5.74) is 0. The number of hydrogen-bond donors (Lipinski definition) is 0. The number of hydrogen-bond acceptors (Lipinski definition) is 6. The van der Waals surface area contributed by atoms with Gasteiger partial charge in [-0.05, 0) is 122 Å². The zero-order valence-corrected chi connectivity index (χ0v) is 52.6. The van der Waals surface area contributed by atoms with Gasteiger partial charge in [-0.3, -0.25) is 14.4 Å². The third kappa shape index (κ3) is 64.9. The van der Waals surface area contributed by atoms with Gasteiger partial charge in [0.1, 0.15) is 13.2 Å². The normalized spacial score (nSPS) is 12.8. The van der Waals surface area contributed by atoms with Crippen molar-refractivity contribution in [3.63, 3.8) is 0 Å². The number of esters is 3. The molecule has 0 N–H and O–H groups in total. The molecule has 0 aliphatic carbocycles. The smallest absolute Gasteiger partial charge is 0.306 e. The second kappa shape index (κ2) is 67.6. The highest BCUT2D eigenvalue weighted by Gasteiger charge is 2.19. The van der Waals surface area contributed by atoms with Gasteiger partial charge in [0.2, 0.25) is 0 Å². The molecule has 0 spiro atoms. The summed E-state index contributed by atoms with van der Waals surface area (Å²) < 4.78 is 16.9. The van der Waals surface area contributed by atoms with E-state index in [1.165, 1.54) is 186 Å². The largest absolute Gasteiger partial charge is 0.462 e. The molecule has 0 bridgehead atoms. The summed E-state index contributed by atoms with van der Waals surface area (Å²) in [7, 11) is 0. The summed E-state index contributed by atoms with van der Waals surface area (Å²) >= 11 is 0. The Morgan fingerprint density at radius 3 is 0.825 bits per heavy atom. The molecule has 6 nitrogen and oxygen atoms in total. The van der Waals surface area contributed by atoms with Crippen LogP contribution in [0.5, 0.6) is 0 Å². The quantitative estimate of drug-likeness (QED) is 0.0261. The summed E-state index contributed by atoms with van der Waals surface area (Å²) in [4.78, 5) is 38.4. The Hall–Kier alpha value is -3.93. The first kappa shape index (κ1) is 76.1. The number of carbonyl (C=O) groups excluding carboxylic acids is 3. The monoisotopic (exact) mass is 1110 g/mol. The molecule has 0 aliphatic rings. The molecule has 80 heavy (non-hydrogen) atoms. The number of unbranched alkanes of at least 4 members (excludes halogenated alkanes) is 32. The maximum atomic E-state index is 12.9. The average molecular weight is 1110 g/mol. The third-order valence-corrected chi connectivity index (χ3v) is 14.5. The van der Waals surface area contributed by atoms with E-state index in [9.17, 15) is 14.4 Å². The van der Waals surface area contributed by atoms with Crippen LogP contribution in [-0.4, -0.2) is 37.2 Å². The van der Waals surface area contributed by atoms with Crippen molar-refractivity contribution in [1.82, 2.24) is 0 Å². The van der Waals surface area contributed by atoms with E-state index >= 15 is 0 Å². The molecular weight excluding hydrogens is 985 g/mol. The molecule has 0 heterocycles. The molecule has 0 aromatic rings. The fourth-order valence-corrected chi connectivity index (χ4v) is 9.42. The van der Waals surface area contributed by atoms with Crippen LogP contribution in [0.3, 0.4) is 0 Å². The van der Waals surface area contributed by atoms with Crippen LogP contribution in [0, 0.1) is 0 Å². The van der Waals surface area contributed by atoms with Gasteiger partial charge in [-0.25, -0.2) is 0 Å². The molecule has 0 amide bonds. The number of allylic oxidation sites excluding steroid dienone is 18. The molecule has 6 heteroatoms. The highest BCUT2D eigenvalue weighted by molar-refractivity contribution is 5.71. The SMILES string of the molecule is CC/C=C\C/C=C\C/C=C\C/C=C\C/C=C\CCCC(=O)OCC(COC(=O)CCCCCCCCCCCCCC/C=C\C/C=C\C/C=C\CCCCCCC)OC(=O)CCCCCCCCC/C=C\CCCCCCCCC. The molecule has 0 aliphatic heterocycles. The van der Waals surface area contributed by atoms with Gasteiger partial charge in [0.15, 0.2) is 6.10 Å². The summed E-state index contributed by atoms with van der Waals surface area (Å²) in [6.45, 7) is 6.49. The lowest BCUT2D eigenvalue weighted by Crippen LogP contribution is -2.30. The molecule has 0 aromatic heterocycles. The highest BCUT2D eigenvalue weighted by Crippen LogP contribution is 2.16. The van der Waals surface area contributed by atoms with Gasteiger partial charge in [0.25, 0.3) is 0 Å². The minimum Gasteiger partial charge on any atom is -0.462 e. The predicted molar refractivity (Wildman–Crippen MR) is 348 cm³/mol. The molecule has 0 saturated heterocycles. The van der Waals surface area contributed by atoms with Gasteiger partial charge in [-0.2, -0.15) is 0 Å².